The van der Waals surface area contributed by atoms with Gasteiger partial charge in [-0.25, -0.2) is 18.4 Å². The lowest BCUT2D eigenvalue weighted by Gasteiger charge is -2.26. The van der Waals surface area contributed by atoms with Gasteiger partial charge in [0.25, 0.3) is 0 Å². The predicted molar refractivity (Wildman–Crippen MR) is 166 cm³/mol. The van der Waals surface area contributed by atoms with Crippen LogP contribution in [0.4, 0.5) is 13.6 Å². The number of hydrogen-bond acceptors (Lipinski definition) is 6. The number of ether oxygens (including phenoxy) is 1. The van der Waals surface area contributed by atoms with Gasteiger partial charge in [-0.15, -0.1) is 0 Å². The van der Waals surface area contributed by atoms with Gasteiger partial charge in [-0.1, -0.05) is 56.3 Å². The fraction of sp³-hybridized carbons (Fsp3) is 0.424. The van der Waals surface area contributed by atoms with E-state index < -0.39 is 59.6 Å². The molecule has 1 aliphatic heterocycles. The smallest absolute Gasteiger partial charge is 0.328 e. The number of carbonyl (C=O) groups excluding carboxylic acids is 5. The van der Waals surface area contributed by atoms with Gasteiger partial charge in [0.15, 0.2) is 0 Å². The normalized spacial score (nSPS) is 19.3. The average Bonchev–Trinajstić information content (AvgIpc) is 3.02. The first-order valence-corrected chi connectivity index (χ1v) is 15.2. The number of carbonyl (C=O) groups is 5. The number of amides is 5. The third kappa shape index (κ3) is 11.0. The molecule has 11 nitrogen and oxygen atoms in total. The van der Waals surface area contributed by atoms with Gasteiger partial charge >= 0.3 is 12.0 Å². The van der Waals surface area contributed by atoms with E-state index in [0.29, 0.717) is 24.9 Å². The standard InChI is InChI=1S/C33H41F2N5O6/c1-20(2)29(32(44)46-3)40-33(45)39-27(19-22-11-5-7-13-25(22)35)31(43)38-26-14-8-9-17-36-28(41)16-15-23(37-30(26)42)18-21-10-4-6-12-24(21)34/h4-7,10-13,15-16,20,23,26-27,29H,8-9,14,17-19H2,1-3H3,(H,36,41)(H,37,42)(H,38,43)(H2,39,40,45)/b16-15+/t23-,26+,27+,29+/m1/s1. The number of hydrogen-bond donors (Lipinski definition) is 5. The van der Waals surface area contributed by atoms with E-state index in [1.807, 2.05) is 0 Å². The van der Waals surface area contributed by atoms with Crippen molar-refractivity contribution in [1.82, 2.24) is 26.6 Å². The Balaban J connectivity index is 1.84. The first-order valence-electron chi connectivity index (χ1n) is 15.2. The molecule has 13 heteroatoms. The second kappa shape index (κ2) is 17.6. The molecule has 1 heterocycles. The summed E-state index contributed by atoms with van der Waals surface area (Å²) in [6.45, 7) is 3.74. The fourth-order valence-corrected chi connectivity index (χ4v) is 4.90. The molecule has 5 N–H and O–H groups in total. The van der Waals surface area contributed by atoms with Crippen LogP contribution in [0.2, 0.25) is 0 Å². The number of halogens is 2. The second-order valence-corrected chi connectivity index (χ2v) is 11.3. The molecule has 248 valence electrons. The van der Waals surface area contributed by atoms with Gasteiger partial charge in [-0.3, -0.25) is 14.4 Å². The summed E-state index contributed by atoms with van der Waals surface area (Å²) in [5.74, 6) is -3.79. The summed E-state index contributed by atoms with van der Waals surface area (Å²) in [6, 6.07) is 6.72. The van der Waals surface area contributed by atoms with Gasteiger partial charge in [-0.2, -0.15) is 0 Å². The Bertz CT molecular complexity index is 1420. The molecule has 0 saturated carbocycles. The summed E-state index contributed by atoms with van der Waals surface area (Å²) >= 11 is 0. The lowest BCUT2D eigenvalue weighted by atomic mass is 10.0. The molecule has 3 rings (SSSR count). The summed E-state index contributed by atoms with van der Waals surface area (Å²) in [4.78, 5) is 64.6. The van der Waals surface area contributed by atoms with Crippen molar-refractivity contribution in [3.8, 4) is 0 Å². The average molecular weight is 642 g/mol. The van der Waals surface area contributed by atoms with Gasteiger partial charge in [-0.05, 0) is 54.9 Å². The Morgan fingerprint density at radius 3 is 2.24 bits per heavy atom. The first-order chi connectivity index (χ1) is 22.0. The first kappa shape index (κ1) is 35.7. The molecule has 1 aliphatic rings. The molecule has 0 radical (unpaired) electrons. The second-order valence-electron chi connectivity index (χ2n) is 11.3. The maximum atomic E-state index is 14.6. The number of esters is 1. The zero-order chi connectivity index (χ0) is 33.6. The monoisotopic (exact) mass is 641 g/mol. The van der Waals surface area contributed by atoms with E-state index >= 15 is 0 Å². The van der Waals surface area contributed by atoms with E-state index in [0.717, 1.165) is 0 Å². The van der Waals surface area contributed by atoms with Crippen molar-refractivity contribution in [3.05, 3.63) is 83.4 Å². The molecule has 0 bridgehead atoms. The van der Waals surface area contributed by atoms with Crippen molar-refractivity contribution in [1.29, 1.82) is 0 Å². The maximum absolute atomic E-state index is 14.6. The van der Waals surface area contributed by atoms with Gasteiger partial charge in [0.05, 0.1) is 13.2 Å². The summed E-state index contributed by atoms with van der Waals surface area (Å²) in [5, 5.41) is 13.2. The Morgan fingerprint density at radius 1 is 0.957 bits per heavy atom. The van der Waals surface area contributed by atoms with Crippen LogP contribution in [0.5, 0.6) is 0 Å². The number of urea groups is 1. The number of nitrogens with one attached hydrogen (secondary N) is 5. The van der Waals surface area contributed by atoms with Gasteiger partial charge in [0.1, 0.15) is 29.8 Å². The molecule has 0 saturated heterocycles. The highest BCUT2D eigenvalue weighted by Gasteiger charge is 2.31. The summed E-state index contributed by atoms with van der Waals surface area (Å²) in [7, 11) is 1.18. The maximum Gasteiger partial charge on any atom is 0.328 e. The third-order valence-electron chi connectivity index (χ3n) is 7.47. The topological polar surface area (TPSA) is 155 Å². The van der Waals surface area contributed by atoms with Crippen LogP contribution in [-0.2, 0) is 36.8 Å². The van der Waals surface area contributed by atoms with Crippen LogP contribution in [0.15, 0.2) is 60.7 Å². The molecular formula is C33H41F2N5O6. The molecular weight excluding hydrogens is 600 g/mol. The molecule has 46 heavy (non-hydrogen) atoms. The zero-order valence-corrected chi connectivity index (χ0v) is 26.1. The Hall–Kier alpha value is -4.81. The lowest BCUT2D eigenvalue weighted by Crippen LogP contribution is -2.58. The predicted octanol–water partition coefficient (Wildman–Crippen LogP) is 2.44. The van der Waals surface area contributed by atoms with Crippen LogP contribution in [0.1, 0.15) is 44.2 Å². The van der Waals surface area contributed by atoms with E-state index in [-0.39, 0.29) is 36.7 Å². The van der Waals surface area contributed by atoms with Crippen molar-refractivity contribution in [2.45, 2.75) is 70.1 Å². The van der Waals surface area contributed by atoms with Crippen molar-refractivity contribution in [2.24, 2.45) is 5.92 Å². The van der Waals surface area contributed by atoms with Crippen molar-refractivity contribution in [3.63, 3.8) is 0 Å². The molecule has 4 atom stereocenters. The molecule has 0 spiro atoms. The Labute approximate surface area is 266 Å². The minimum atomic E-state index is -1.34. The highest BCUT2D eigenvalue weighted by molar-refractivity contribution is 5.93. The molecule has 0 aliphatic carbocycles. The Kier molecular flexibility index (Phi) is 13.7. The molecule has 0 unspecified atom stereocenters. The van der Waals surface area contributed by atoms with Crippen LogP contribution in [0, 0.1) is 17.6 Å². The van der Waals surface area contributed by atoms with Crippen LogP contribution in [-0.4, -0.2) is 67.5 Å². The van der Waals surface area contributed by atoms with Crippen LogP contribution in [0.25, 0.3) is 0 Å². The van der Waals surface area contributed by atoms with Crippen LogP contribution in [0.3, 0.4) is 0 Å². The Morgan fingerprint density at radius 2 is 1.61 bits per heavy atom. The van der Waals surface area contributed by atoms with Crippen LogP contribution < -0.4 is 26.6 Å². The molecule has 5 amide bonds. The van der Waals surface area contributed by atoms with E-state index in [4.69, 9.17) is 4.74 Å². The largest absolute Gasteiger partial charge is 0.467 e. The molecule has 0 aromatic heterocycles. The van der Waals surface area contributed by atoms with Crippen molar-refractivity contribution in [2.75, 3.05) is 13.7 Å². The van der Waals surface area contributed by atoms with Gasteiger partial charge in [0.2, 0.25) is 17.7 Å². The van der Waals surface area contributed by atoms with Crippen molar-refractivity contribution < 1.29 is 37.5 Å². The highest BCUT2D eigenvalue weighted by atomic mass is 19.1. The van der Waals surface area contributed by atoms with E-state index in [2.05, 4.69) is 26.6 Å². The summed E-state index contributed by atoms with van der Waals surface area (Å²) < 4.78 is 33.8. The molecule has 2 aromatic rings. The summed E-state index contributed by atoms with van der Waals surface area (Å²) in [5.41, 5.74) is 0.461. The van der Waals surface area contributed by atoms with E-state index in [9.17, 15) is 32.8 Å². The van der Waals surface area contributed by atoms with E-state index in [1.165, 1.54) is 49.6 Å². The van der Waals surface area contributed by atoms with Crippen LogP contribution >= 0.6 is 0 Å². The summed E-state index contributed by atoms with van der Waals surface area (Å²) in [6.07, 6.45) is 3.65. The number of benzene rings is 2. The lowest BCUT2D eigenvalue weighted by molar-refractivity contribution is -0.144. The highest BCUT2D eigenvalue weighted by Crippen LogP contribution is 2.13. The fourth-order valence-electron chi connectivity index (χ4n) is 4.90. The number of methoxy groups -OCH3 is 1. The molecule has 2 aromatic carbocycles. The SMILES string of the molecule is COC(=O)[C@@H](NC(=O)N[C@@H](Cc1ccccc1F)C(=O)N[C@H]1CCCCNC(=O)/C=C/[C@H](Cc2ccccc2F)NC1=O)C(C)C. The minimum Gasteiger partial charge on any atom is -0.467 e. The quantitative estimate of drug-likeness (QED) is 0.251. The minimum absolute atomic E-state index is 0.0394. The van der Waals surface area contributed by atoms with E-state index in [1.54, 1.807) is 32.0 Å². The third-order valence-corrected chi connectivity index (χ3v) is 7.47. The van der Waals surface area contributed by atoms with Crippen molar-refractivity contribution >= 4 is 29.7 Å². The number of rotatable bonds is 10. The van der Waals surface area contributed by atoms with Gasteiger partial charge < -0.3 is 31.3 Å². The zero-order valence-electron chi connectivity index (χ0n) is 26.1. The molecule has 0 fully saturated rings. The van der Waals surface area contributed by atoms with Gasteiger partial charge in [0, 0.05) is 19.0 Å².